The summed E-state index contributed by atoms with van der Waals surface area (Å²) in [6, 6.07) is 0. The van der Waals surface area contributed by atoms with Gasteiger partial charge in [-0.05, 0) is 15.9 Å². The van der Waals surface area contributed by atoms with Gasteiger partial charge in [0, 0.05) is 32.6 Å². The molecule has 5 nitrogen and oxygen atoms in total. The van der Waals surface area contributed by atoms with Gasteiger partial charge in [0.15, 0.2) is 0 Å². The zero-order chi connectivity index (χ0) is 10.8. The van der Waals surface area contributed by atoms with Gasteiger partial charge in [-0.15, -0.1) is 0 Å². The second kappa shape index (κ2) is 4.42. The lowest BCUT2D eigenvalue weighted by molar-refractivity contribution is 0.0217. The summed E-state index contributed by atoms with van der Waals surface area (Å²) in [5.41, 5.74) is 0. The van der Waals surface area contributed by atoms with E-state index in [0.29, 0.717) is 19.0 Å². The van der Waals surface area contributed by atoms with Crippen LogP contribution in [0, 0.1) is 0 Å². The molecule has 0 unspecified atom stereocenters. The molecule has 6 heteroatoms. The van der Waals surface area contributed by atoms with Crippen LogP contribution in [0.25, 0.3) is 0 Å². The number of anilines is 1. The Morgan fingerprint density at radius 2 is 2.13 bits per heavy atom. The smallest absolute Gasteiger partial charge is 0.225 e. The number of nitrogens with zero attached hydrogens (tertiary/aromatic N) is 3. The summed E-state index contributed by atoms with van der Waals surface area (Å²) in [5.74, 6) is 0.622. The first-order valence-electron chi connectivity index (χ1n) is 4.64. The van der Waals surface area contributed by atoms with Crippen LogP contribution in [0.3, 0.4) is 0 Å². The van der Waals surface area contributed by atoms with E-state index < -0.39 is 6.10 Å². The summed E-state index contributed by atoms with van der Waals surface area (Å²) in [4.78, 5) is 10.2. The molecule has 1 aliphatic heterocycles. The number of aromatic nitrogens is 2. The topological polar surface area (TPSA) is 58.5 Å². The number of β-amino-alcohol motifs (C(OH)–C–C–N with tert-alkyl or cyclic N) is 1. The average molecular weight is 274 g/mol. The summed E-state index contributed by atoms with van der Waals surface area (Å²) < 4.78 is 5.98. The predicted octanol–water partition coefficient (Wildman–Crippen LogP) is 0.435. The highest BCUT2D eigenvalue weighted by Crippen LogP contribution is 2.18. The van der Waals surface area contributed by atoms with Gasteiger partial charge in [0.25, 0.3) is 0 Å². The molecule has 1 aliphatic rings. The molecule has 2 rings (SSSR count). The zero-order valence-electron chi connectivity index (χ0n) is 8.30. The third-order valence-electron chi connectivity index (χ3n) is 2.43. The Hall–Kier alpha value is -0.720. The van der Waals surface area contributed by atoms with Gasteiger partial charge < -0.3 is 14.7 Å². The number of methoxy groups -OCH3 is 1. The highest BCUT2D eigenvalue weighted by Gasteiger charge is 2.32. The standard InChI is InChI=1S/C9H12BrN3O2/c1-15-8-5-13(4-7(8)14)9-11-2-6(10)3-12-9/h2-3,7-8,14H,4-5H2,1H3/t7-,8-/m1/s1. The molecule has 15 heavy (non-hydrogen) atoms. The molecule has 0 spiro atoms. The fraction of sp³-hybridized carbons (Fsp3) is 0.556. The second-order valence-electron chi connectivity index (χ2n) is 3.45. The molecule has 1 aromatic rings. The van der Waals surface area contributed by atoms with Crippen LogP contribution in [0.15, 0.2) is 16.9 Å². The Labute approximate surface area is 96.2 Å². The minimum absolute atomic E-state index is 0.155. The van der Waals surface area contributed by atoms with Crippen LogP contribution in [0.1, 0.15) is 0 Å². The van der Waals surface area contributed by atoms with E-state index in [0.717, 1.165) is 4.47 Å². The van der Waals surface area contributed by atoms with Crippen molar-refractivity contribution in [1.82, 2.24) is 9.97 Å². The summed E-state index contributed by atoms with van der Waals surface area (Å²) in [6.45, 7) is 1.14. The van der Waals surface area contributed by atoms with E-state index in [-0.39, 0.29) is 6.10 Å². The molecule has 1 fully saturated rings. The number of aliphatic hydroxyl groups is 1. The molecule has 0 radical (unpaired) electrons. The normalized spacial score (nSPS) is 25.9. The van der Waals surface area contributed by atoms with E-state index in [2.05, 4.69) is 25.9 Å². The van der Waals surface area contributed by atoms with Crippen molar-refractivity contribution < 1.29 is 9.84 Å². The van der Waals surface area contributed by atoms with Gasteiger partial charge >= 0.3 is 0 Å². The highest BCUT2D eigenvalue weighted by molar-refractivity contribution is 9.10. The molecule has 0 bridgehead atoms. The van der Waals surface area contributed by atoms with Crippen LogP contribution in [0.5, 0.6) is 0 Å². The van der Waals surface area contributed by atoms with E-state index in [9.17, 15) is 5.11 Å². The van der Waals surface area contributed by atoms with E-state index in [1.807, 2.05) is 4.90 Å². The van der Waals surface area contributed by atoms with Crippen LogP contribution in [-0.2, 0) is 4.74 Å². The van der Waals surface area contributed by atoms with E-state index in [1.165, 1.54) is 0 Å². The summed E-state index contributed by atoms with van der Waals surface area (Å²) in [6.07, 6.45) is 2.75. The highest BCUT2D eigenvalue weighted by atomic mass is 79.9. The Morgan fingerprint density at radius 1 is 1.47 bits per heavy atom. The van der Waals surface area contributed by atoms with Crippen molar-refractivity contribution in [2.45, 2.75) is 12.2 Å². The van der Waals surface area contributed by atoms with Crippen molar-refractivity contribution in [3.05, 3.63) is 16.9 Å². The number of ether oxygens (including phenoxy) is 1. The lowest BCUT2D eigenvalue weighted by atomic mass is 10.3. The van der Waals surface area contributed by atoms with Crippen LogP contribution in [0.4, 0.5) is 5.95 Å². The first-order valence-corrected chi connectivity index (χ1v) is 5.43. The van der Waals surface area contributed by atoms with Crippen LogP contribution in [-0.4, -0.2) is 47.5 Å². The van der Waals surface area contributed by atoms with Gasteiger partial charge in [-0.25, -0.2) is 9.97 Å². The summed E-state index contributed by atoms with van der Waals surface area (Å²) >= 11 is 3.27. The van der Waals surface area contributed by atoms with Crippen molar-refractivity contribution >= 4 is 21.9 Å². The van der Waals surface area contributed by atoms with E-state index >= 15 is 0 Å². The van der Waals surface area contributed by atoms with Gasteiger partial charge in [-0.1, -0.05) is 0 Å². The van der Waals surface area contributed by atoms with Crippen molar-refractivity contribution in [3.63, 3.8) is 0 Å². The molecule has 2 heterocycles. The Kier molecular flexibility index (Phi) is 3.18. The number of halogens is 1. The van der Waals surface area contributed by atoms with Gasteiger partial charge in [-0.3, -0.25) is 0 Å². The first-order chi connectivity index (χ1) is 7.20. The Bertz CT molecular complexity index is 333. The second-order valence-corrected chi connectivity index (χ2v) is 4.36. The Balaban J connectivity index is 2.10. The van der Waals surface area contributed by atoms with E-state index in [1.54, 1.807) is 19.5 Å². The average Bonchev–Trinajstić information content (AvgIpc) is 2.61. The molecule has 0 saturated carbocycles. The summed E-state index contributed by atoms with van der Waals surface area (Å²) in [7, 11) is 1.60. The third kappa shape index (κ3) is 2.27. The van der Waals surface area contributed by atoms with Gasteiger partial charge in [0.05, 0.1) is 10.6 Å². The van der Waals surface area contributed by atoms with Crippen LogP contribution < -0.4 is 4.90 Å². The fourth-order valence-corrected chi connectivity index (χ4v) is 1.83. The number of hydrogen-bond donors (Lipinski definition) is 1. The number of rotatable bonds is 2. The minimum atomic E-state index is -0.470. The van der Waals surface area contributed by atoms with Crippen molar-refractivity contribution in [1.29, 1.82) is 0 Å². The fourth-order valence-electron chi connectivity index (χ4n) is 1.62. The summed E-state index contributed by atoms with van der Waals surface area (Å²) in [5, 5.41) is 9.64. The molecule has 2 atom stereocenters. The maximum atomic E-state index is 9.64. The molecule has 1 aromatic heterocycles. The molecular weight excluding hydrogens is 262 g/mol. The zero-order valence-corrected chi connectivity index (χ0v) is 9.88. The minimum Gasteiger partial charge on any atom is -0.388 e. The quantitative estimate of drug-likeness (QED) is 0.847. The largest absolute Gasteiger partial charge is 0.388 e. The van der Waals surface area contributed by atoms with Gasteiger partial charge in [0.1, 0.15) is 6.10 Å². The van der Waals surface area contributed by atoms with Crippen molar-refractivity contribution in [2.75, 3.05) is 25.1 Å². The van der Waals surface area contributed by atoms with Crippen LogP contribution >= 0.6 is 15.9 Å². The molecule has 1 N–H and O–H groups in total. The van der Waals surface area contributed by atoms with Crippen molar-refractivity contribution in [3.8, 4) is 0 Å². The maximum absolute atomic E-state index is 9.64. The first kappa shape index (κ1) is 10.8. The molecule has 0 aromatic carbocycles. The lowest BCUT2D eigenvalue weighted by Gasteiger charge is -2.14. The van der Waals surface area contributed by atoms with E-state index in [4.69, 9.17) is 4.74 Å². The van der Waals surface area contributed by atoms with Crippen LogP contribution in [0.2, 0.25) is 0 Å². The predicted molar refractivity (Wildman–Crippen MR) is 58.7 cm³/mol. The molecule has 0 amide bonds. The SMILES string of the molecule is CO[C@@H]1CN(c2ncc(Br)cn2)C[C@H]1O. The molecular formula is C9H12BrN3O2. The van der Waals surface area contributed by atoms with Gasteiger partial charge in [0.2, 0.25) is 5.95 Å². The maximum Gasteiger partial charge on any atom is 0.225 e. The van der Waals surface area contributed by atoms with Gasteiger partial charge in [-0.2, -0.15) is 0 Å². The molecule has 0 aliphatic carbocycles. The molecule has 82 valence electrons. The lowest BCUT2D eigenvalue weighted by Crippen LogP contribution is -2.25. The Morgan fingerprint density at radius 3 is 2.67 bits per heavy atom. The molecule has 1 saturated heterocycles. The monoisotopic (exact) mass is 273 g/mol. The van der Waals surface area contributed by atoms with Crippen molar-refractivity contribution in [2.24, 2.45) is 0 Å². The third-order valence-corrected chi connectivity index (χ3v) is 2.84. The number of hydrogen-bond acceptors (Lipinski definition) is 5. The number of aliphatic hydroxyl groups excluding tert-OH is 1.